The van der Waals surface area contributed by atoms with E-state index < -0.39 is 0 Å². The van der Waals surface area contributed by atoms with Gasteiger partial charge >= 0.3 is 0 Å². The number of para-hydroxylation sites is 2. The van der Waals surface area contributed by atoms with E-state index in [4.69, 9.17) is 4.98 Å². The lowest BCUT2D eigenvalue weighted by Crippen LogP contribution is -2.30. The highest BCUT2D eigenvalue weighted by atomic mass is 32.2. The van der Waals surface area contributed by atoms with Gasteiger partial charge in [0.15, 0.2) is 5.16 Å². The molecule has 4 aromatic rings. The summed E-state index contributed by atoms with van der Waals surface area (Å²) in [6, 6.07) is 15.5. The third-order valence-electron chi connectivity index (χ3n) is 5.63. The molecule has 0 bridgehead atoms. The minimum Gasteiger partial charge on any atom is -0.349 e. The van der Waals surface area contributed by atoms with Crippen LogP contribution in [0.5, 0.6) is 0 Å². The minimum atomic E-state index is -0.151. The Labute approximate surface area is 177 Å². The predicted molar refractivity (Wildman–Crippen MR) is 120 cm³/mol. The summed E-state index contributed by atoms with van der Waals surface area (Å²) < 4.78 is 1.63. The van der Waals surface area contributed by atoms with Crippen LogP contribution >= 0.6 is 11.8 Å². The number of carbonyl (C=O) groups is 1. The Bertz CT molecular complexity index is 1320. The Morgan fingerprint density at radius 2 is 1.83 bits per heavy atom. The van der Waals surface area contributed by atoms with Crippen molar-refractivity contribution in [2.45, 2.75) is 24.9 Å². The molecule has 152 valence electrons. The number of hydrogen-bond acceptors (Lipinski definition) is 4. The summed E-state index contributed by atoms with van der Waals surface area (Å²) in [6.07, 6.45) is 2.12. The van der Waals surface area contributed by atoms with Gasteiger partial charge in [-0.2, -0.15) is 0 Å². The van der Waals surface area contributed by atoms with Crippen molar-refractivity contribution in [2.24, 2.45) is 0 Å². The van der Waals surface area contributed by atoms with Crippen molar-refractivity contribution in [3.63, 3.8) is 0 Å². The topological polar surface area (TPSA) is 71.0 Å². The molecule has 2 aromatic carbocycles. The van der Waals surface area contributed by atoms with Gasteiger partial charge in [0, 0.05) is 24.0 Å². The molecular weight excluding hydrogens is 396 g/mol. The molecule has 0 radical (unpaired) electrons. The number of nitrogens with zero attached hydrogens (tertiary/aromatic N) is 3. The summed E-state index contributed by atoms with van der Waals surface area (Å²) in [5, 5.41) is 1.45. The molecule has 0 atom stereocenters. The van der Waals surface area contributed by atoms with Gasteiger partial charge in [0.05, 0.1) is 11.4 Å². The Kier molecular flexibility index (Phi) is 4.83. The average molecular weight is 419 g/mol. The maximum Gasteiger partial charge on any atom is 0.283 e. The maximum absolute atomic E-state index is 13.6. The van der Waals surface area contributed by atoms with Gasteiger partial charge in [-0.1, -0.05) is 48.2 Å². The van der Waals surface area contributed by atoms with Crippen LogP contribution in [0.1, 0.15) is 18.4 Å². The van der Waals surface area contributed by atoms with Crippen molar-refractivity contribution in [1.29, 1.82) is 0 Å². The van der Waals surface area contributed by atoms with E-state index in [0.29, 0.717) is 16.2 Å². The number of hydrogen-bond donors (Lipinski definition) is 1. The second-order valence-electron chi connectivity index (χ2n) is 7.59. The number of benzene rings is 2. The smallest absolute Gasteiger partial charge is 0.283 e. The maximum atomic E-state index is 13.6. The fraction of sp³-hybridized carbons (Fsp3) is 0.261. The molecule has 2 aromatic heterocycles. The van der Waals surface area contributed by atoms with Crippen LogP contribution in [0.3, 0.4) is 0 Å². The molecule has 1 aliphatic heterocycles. The largest absolute Gasteiger partial charge is 0.349 e. The van der Waals surface area contributed by atoms with Gasteiger partial charge in [-0.25, -0.2) is 4.98 Å². The zero-order chi connectivity index (χ0) is 20.7. The van der Waals surface area contributed by atoms with E-state index in [1.165, 1.54) is 11.8 Å². The van der Waals surface area contributed by atoms with Gasteiger partial charge in [0.1, 0.15) is 11.0 Å². The van der Waals surface area contributed by atoms with Crippen LogP contribution in [0.15, 0.2) is 58.5 Å². The monoisotopic (exact) mass is 418 g/mol. The van der Waals surface area contributed by atoms with E-state index >= 15 is 0 Å². The normalized spacial score (nSPS) is 14.1. The van der Waals surface area contributed by atoms with Crippen molar-refractivity contribution in [1.82, 2.24) is 19.4 Å². The third-order valence-corrected chi connectivity index (χ3v) is 6.56. The van der Waals surface area contributed by atoms with Crippen molar-refractivity contribution in [3.8, 4) is 5.69 Å². The Balaban J connectivity index is 1.67. The molecule has 1 N–H and O–H groups in total. The average Bonchev–Trinajstić information content (AvgIpc) is 3.42. The number of aromatic nitrogens is 3. The molecule has 0 aliphatic carbocycles. The van der Waals surface area contributed by atoms with E-state index in [0.717, 1.165) is 48.1 Å². The molecule has 0 saturated carbocycles. The fourth-order valence-electron chi connectivity index (χ4n) is 4.05. The summed E-state index contributed by atoms with van der Waals surface area (Å²) in [5.41, 5.74) is 3.62. The SMILES string of the molecule is Cc1ccccc1-n1c(SCC(=O)N2CCCC2)nc2c([nH]c3ccccc32)c1=O. The second kappa shape index (κ2) is 7.65. The first kappa shape index (κ1) is 18.9. The lowest BCUT2D eigenvalue weighted by Gasteiger charge is -2.17. The number of thioether (sulfide) groups is 1. The number of aryl methyl sites for hydroxylation is 1. The first-order valence-electron chi connectivity index (χ1n) is 10.1. The van der Waals surface area contributed by atoms with Crippen LogP contribution in [-0.4, -0.2) is 44.2 Å². The quantitative estimate of drug-likeness (QED) is 0.403. The molecule has 0 spiro atoms. The van der Waals surface area contributed by atoms with Gasteiger partial charge in [-0.15, -0.1) is 0 Å². The van der Waals surface area contributed by atoms with Gasteiger partial charge in [-0.3, -0.25) is 14.2 Å². The summed E-state index contributed by atoms with van der Waals surface area (Å²) in [7, 11) is 0. The Morgan fingerprint density at radius 3 is 2.63 bits per heavy atom. The predicted octanol–water partition coefficient (Wildman–Crippen LogP) is 3.89. The summed E-state index contributed by atoms with van der Waals surface area (Å²) >= 11 is 1.33. The summed E-state index contributed by atoms with van der Waals surface area (Å²) in [6.45, 7) is 3.61. The molecule has 7 heteroatoms. The van der Waals surface area contributed by atoms with Gasteiger partial charge in [-0.05, 0) is 37.5 Å². The number of aromatic amines is 1. The van der Waals surface area contributed by atoms with E-state index in [9.17, 15) is 9.59 Å². The van der Waals surface area contributed by atoms with Crippen LogP contribution in [0.25, 0.3) is 27.6 Å². The fourth-order valence-corrected chi connectivity index (χ4v) is 4.95. The third kappa shape index (κ3) is 3.19. The zero-order valence-electron chi connectivity index (χ0n) is 16.7. The number of rotatable bonds is 4. The Hall–Kier alpha value is -3.06. The first-order valence-corrected chi connectivity index (χ1v) is 11.1. The van der Waals surface area contributed by atoms with Crippen molar-refractivity contribution in [2.75, 3.05) is 18.8 Å². The van der Waals surface area contributed by atoms with E-state index in [1.807, 2.05) is 60.4 Å². The molecule has 30 heavy (non-hydrogen) atoms. The standard InChI is InChI=1S/C23H22N4O2S/c1-15-8-2-5-11-18(15)27-22(29)21-20(16-9-3-4-10-17(16)24-21)25-23(27)30-14-19(28)26-12-6-7-13-26/h2-5,8-11,24H,6-7,12-14H2,1H3. The molecule has 3 heterocycles. The molecular formula is C23H22N4O2S. The zero-order valence-corrected chi connectivity index (χ0v) is 17.5. The summed E-state index contributed by atoms with van der Waals surface area (Å²) in [4.78, 5) is 36.2. The summed E-state index contributed by atoms with van der Waals surface area (Å²) in [5.74, 6) is 0.369. The molecule has 1 saturated heterocycles. The van der Waals surface area contributed by atoms with Crippen molar-refractivity contribution >= 4 is 39.6 Å². The molecule has 1 amide bonds. The highest BCUT2D eigenvalue weighted by Crippen LogP contribution is 2.27. The first-order chi connectivity index (χ1) is 14.6. The second-order valence-corrected chi connectivity index (χ2v) is 8.53. The number of fused-ring (bicyclic) bond motifs is 3. The number of nitrogens with one attached hydrogen (secondary N) is 1. The highest BCUT2D eigenvalue weighted by Gasteiger charge is 2.21. The van der Waals surface area contributed by atoms with Gasteiger partial charge in [0.2, 0.25) is 5.91 Å². The Morgan fingerprint density at radius 1 is 1.10 bits per heavy atom. The molecule has 0 unspecified atom stereocenters. The number of amides is 1. The van der Waals surface area contributed by atoms with Gasteiger partial charge < -0.3 is 9.88 Å². The van der Waals surface area contributed by atoms with E-state index in [1.54, 1.807) is 4.57 Å². The van der Waals surface area contributed by atoms with Crippen LogP contribution in [0, 0.1) is 6.92 Å². The van der Waals surface area contributed by atoms with Crippen LogP contribution in [0.4, 0.5) is 0 Å². The molecule has 1 fully saturated rings. The van der Waals surface area contributed by atoms with Gasteiger partial charge in [0.25, 0.3) is 5.56 Å². The van der Waals surface area contributed by atoms with Crippen LogP contribution in [0.2, 0.25) is 0 Å². The van der Waals surface area contributed by atoms with E-state index in [2.05, 4.69) is 4.98 Å². The van der Waals surface area contributed by atoms with E-state index in [-0.39, 0.29) is 17.2 Å². The van der Waals surface area contributed by atoms with Crippen molar-refractivity contribution < 1.29 is 4.79 Å². The molecule has 6 nitrogen and oxygen atoms in total. The lowest BCUT2D eigenvalue weighted by atomic mass is 10.2. The van der Waals surface area contributed by atoms with Crippen LogP contribution < -0.4 is 5.56 Å². The van der Waals surface area contributed by atoms with Crippen LogP contribution in [-0.2, 0) is 4.79 Å². The molecule has 1 aliphatic rings. The number of H-pyrrole nitrogens is 1. The number of likely N-dealkylation sites (tertiary alicyclic amines) is 1. The highest BCUT2D eigenvalue weighted by molar-refractivity contribution is 7.99. The van der Waals surface area contributed by atoms with Crippen molar-refractivity contribution in [3.05, 3.63) is 64.4 Å². The number of carbonyl (C=O) groups excluding carboxylic acids is 1. The minimum absolute atomic E-state index is 0.0992. The molecule has 5 rings (SSSR count). The lowest BCUT2D eigenvalue weighted by molar-refractivity contribution is -0.127.